The monoisotopic (exact) mass is 318 g/mol. The average Bonchev–Trinajstić information content (AvgIpc) is 2.47. The number of carboxylic acids is 1. The fourth-order valence-corrected chi connectivity index (χ4v) is 2.89. The van der Waals surface area contributed by atoms with Crippen LogP contribution in [0.25, 0.3) is 0 Å². The zero-order chi connectivity index (χ0) is 16.6. The van der Waals surface area contributed by atoms with Crippen LogP contribution in [0.2, 0.25) is 0 Å². The van der Waals surface area contributed by atoms with Gasteiger partial charge >= 0.3 is 5.97 Å². The van der Waals surface area contributed by atoms with Crippen LogP contribution in [0, 0.1) is 0 Å². The van der Waals surface area contributed by atoms with Crippen LogP contribution >= 0.6 is 0 Å². The Balaban J connectivity index is 1.77. The predicted octanol–water partition coefficient (Wildman–Crippen LogP) is 0.924. The maximum atomic E-state index is 12.3. The third-order valence-electron chi connectivity index (χ3n) is 4.37. The number of ether oxygens (including phenoxy) is 1. The van der Waals surface area contributed by atoms with E-state index < -0.39 is 23.5 Å². The highest BCUT2D eigenvalue weighted by atomic mass is 16.5. The molecule has 0 aromatic heterocycles. The molecule has 1 aliphatic carbocycles. The first kappa shape index (κ1) is 15.3. The van der Waals surface area contributed by atoms with E-state index in [0.717, 1.165) is 6.42 Å². The molecule has 1 aromatic rings. The fraction of sp³-hybridized carbons (Fsp3) is 0.438. The lowest BCUT2D eigenvalue weighted by atomic mass is 9.77. The van der Waals surface area contributed by atoms with Crippen LogP contribution in [-0.2, 0) is 14.4 Å². The molecule has 2 aliphatic rings. The summed E-state index contributed by atoms with van der Waals surface area (Å²) in [6, 6.07) is 6.96. The van der Waals surface area contributed by atoms with Crippen molar-refractivity contribution in [2.24, 2.45) is 0 Å². The van der Waals surface area contributed by atoms with Crippen molar-refractivity contribution in [2.75, 3.05) is 11.4 Å². The van der Waals surface area contributed by atoms with Crippen LogP contribution < -0.4 is 15.0 Å². The molecule has 7 nitrogen and oxygen atoms in total. The first-order valence-corrected chi connectivity index (χ1v) is 7.54. The highest BCUT2D eigenvalue weighted by Crippen LogP contribution is 2.34. The van der Waals surface area contributed by atoms with Crippen LogP contribution in [0.15, 0.2) is 24.3 Å². The highest BCUT2D eigenvalue weighted by molar-refractivity contribution is 6.04. The summed E-state index contributed by atoms with van der Waals surface area (Å²) in [4.78, 5) is 37.3. The van der Waals surface area contributed by atoms with Gasteiger partial charge in [-0.2, -0.15) is 0 Å². The van der Waals surface area contributed by atoms with Crippen molar-refractivity contribution in [1.82, 2.24) is 5.32 Å². The van der Waals surface area contributed by atoms with E-state index in [9.17, 15) is 19.5 Å². The Morgan fingerprint density at radius 3 is 2.70 bits per heavy atom. The van der Waals surface area contributed by atoms with E-state index in [4.69, 9.17) is 4.74 Å². The zero-order valence-electron chi connectivity index (χ0n) is 12.7. The van der Waals surface area contributed by atoms with Gasteiger partial charge in [0.2, 0.25) is 5.91 Å². The predicted molar refractivity (Wildman–Crippen MR) is 81.2 cm³/mol. The molecule has 23 heavy (non-hydrogen) atoms. The van der Waals surface area contributed by atoms with E-state index in [1.165, 1.54) is 4.90 Å². The van der Waals surface area contributed by atoms with Gasteiger partial charge in [-0.3, -0.25) is 14.5 Å². The van der Waals surface area contributed by atoms with Crippen molar-refractivity contribution >= 4 is 23.5 Å². The lowest BCUT2D eigenvalue weighted by Gasteiger charge is -2.39. The van der Waals surface area contributed by atoms with Crippen molar-refractivity contribution in [1.29, 1.82) is 0 Å². The summed E-state index contributed by atoms with van der Waals surface area (Å²) in [6.45, 7) is 1.40. The summed E-state index contributed by atoms with van der Waals surface area (Å²) in [7, 11) is 0. The molecule has 1 unspecified atom stereocenters. The van der Waals surface area contributed by atoms with E-state index in [2.05, 4.69) is 5.32 Å². The number of hydrogen-bond donors (Lipinski definition) is 2. The average molecular weight is 318 g/mol. The third-order valence-corrected chi connectivity index (χ3v) is 4.37. The van der Waals surface area contributed by atoms with Crippen LogP contribution in [0.1, 0.15) is 26.2 Å². The van der Waals surface area contributed by atoms with Crippen LogP contribution in [-0.4, -0.2) is 41.1 Å². The molecular formula is C16H18N2O5. The minimum Gasteiger partial charge on any atom is -0.480 e. The molecule has 2 N–H and O–H groups in total. The van der Waals surface area contributed by atoms with Gasteiger partial charge in [0.15, 0.2) is 6.10 Å². The van der Waals surface area contributed by atoms with E-state index >= 15 is 0 Å². The second-order valence-corrected chi connectivity index (χ2v) is 5.94. The first-order valence-electron chi connectivity index (χ1n) is 7.54. The summed E-state index contributed by atoms with van der Waals surface area (Å²) in [5, 5.41) is 11.8. The Bertz CT molecular complexity index is 668. The lowest BCUT2D eigenvalue weighted by Crippen LogP contribution is -2.61. The number of rotatable bonds is 4. The number of hydrogen-bond acceptors (Lipinski definition) is 4. The quantitative estimate of drug-likeness (QED) is 0.861. The minimum absolute atomic E-state index is 0.224. The molecule has 2 amide bonds. The van der Waals surface area contributed by atoms with Gasteiger partial charge in [-0.05, 0) is 38.3 Å². The number of carbonyl (C=O) groups excluding carboxylic acids is 2. The molecule has 1 aromatic carbocycles. The molecule has 1 aliphatic heterocycles. The third kappa shape index (κ3) is 2.62. The smallest absolute Gasteiger partial charge is 0.329 e. The second-order valence-electron chi connectivity index (χ2n) is 5.94. The summed E-state index contributed by atoms with van der Waals surface area (Å²) in [5.41, 5.74) is -0.666. The molecule has 1 fully saturated rings. The standard InChI is InChI=1S/C16H18N2O5/c1-10-14(20)18(11-5-2-3-6-12(11)23-10)9-13(19)17-16(15(21)22)7-4-8-16/h2-3,5-6,10H,4,7-9H2,1H3,(H,17,19)(H,21,22). The van der Waals surface area contributed by atoms with E-state index in [1.54, 1.807) is 31.2 Å². The number of fused-ring (bicyclic) bond motifs is 1. The fourth-order valence-electron chi connectivity index (χ4n) is 2.89. The van der Waals surface area contributed by atoms with Crippen molar-refractivity contribution in [3.63, 3.8) is 0 Å². The maximum absolute atomic E-state index is 12.3. The number of aliphatic carboxylic acids is 1. The Morgan fingerprint density at radius 1 is 1.39 bits per heavy atom. The van der Waals surface area contributed by atoms with Gasteiger partial charge in [-0.1, -0.05) is 12.1 Å². The molecular weight excluding hydrogens is 300 g/mol. The van der Waals surface area contributed by atoms with E-state index in [-0.39, 0.29) is 12.5 Å². The minimum atomic E-state index is -1.18. The van der Waals surface area contributed by atoms with E-state index in [1.807, 2.05) is 0 Å². The van der Waals surface area contributed by atoms with Gasteiger partial charge in [-0.15, -0.1) is 0 Å². The van der Waals surface area contributed by atoms with Crippen LogP contribution in [0.5, 0.6) is 5.75 Å². The molecule has 1 saturated carbocycles. The summed E-state index contributed by atoms with van der Waals surface area (Å²) in [5.74, 6) is -1.30. The number of amides is 2. The second kappa shape index (κ2) is 5.57. The van der Waals surface area contributed by atoms with Crippen LogP contribution in [0.4, 0.5) is 5.69 Å². The number of nitrogens with zero attached hydrogens (tertiary/aromatic N) is 1. The SMILES string of the molecule is CC1Oc2ccccc2N(CC(=O)NC2(C(=O)O)CCC2)C1=O. The number of carbonyl (C=O) groups is 3. The Morgan fingerprint density at radius 2 is 2.09 bits per heavy atom. The van der Waals surface area contributed by atoms with Gasteiger partial charge < -0.3 is 15.2 Å². The van der Waals surface area contributed by atoms with Crippen molar-refractivity contribution < 1.29 is 24.2 Å². The summed E-state index contributed by atoms with van der Waals surface area (Å²) < 4.78 is 5.51. The van der Waals surface area contributed by atoms with Gasteiger partial charge in [0.05, 0.1) is 5.69 Å². The Labute approximate surface area is 133 Å². The number of anilines is 1. The van der Waals surface area contributed by atoms with Gasteiger partial charge in [-0.25, -0.2) is 4.79 Å². The molecule has 0 radical (unpaired) electrons. The van der Waals surface area contributed by atoms with Crippen molar-refractivity contribution in [3.05, 3.63) is 24.3 Å². The highest BCUT2D eigenvalue weighted by Gasteiger charge is 2.46. The molecule has 7 heteroatoms. The Hall–Kier alpha value is -2.57. The largest absolute Gasteiger partial charge is 0.480 e. The molecule has 1 heterocycles. The lowest BCUT2D eigenvalue weighted by molar-refractivity contribution is -0.151. The summed E-state index contributed by atoms with van der Waals surface area (Å²) in [6.07, 6.45) is 0.911. The summed E-state index contributed by atoms with van der Waals surface area (Å²) >= 11 is 0. The van der Waals surface area contributed by atoms with Crippen LogP contribution in [0.3, 0.4) is 0 Å². The topological polar surface area (TPSA) is 95.9 Å². The normalized spacial score (nSPS) is 21.7. The molecule has 0 saturated heterocycles. The number of carboxylic acid groups (broad SMARTS) is 1. The van der Waals surface area contributed by atoms with Crippen molar-refractivity contribution in [3.8, 4) is 5.75 Å². The molecule has 0 bridgehead atoms. The molecule has 3 rings (SSSR count). The van der Waals surface area contributed by atoms with Gasteiger partial charge in [0.25, 0.3) is 5.91 Å². The molecule has 1 atom stereocenters. The number of benzene rings is 1. The number of para-hydroxylation sites is 2. The Kier molecular flexibility index (Phi) is 3.71. The van der Waals surface area contributed by atoms with E-state index in [0.29, 0.717) is 24.3 Å². The zero-order valence-corrected chi connectivity index (χ0v) is 12.7. The van der Waals surface area contributed by atoms with Crippen molar-refractivity contribution in [2.45, 2.75) is 37.8 Å². The van der Waals surface area contributed by atoms with Gasteiger partial charge in [0.1, 0.15) is 17.8 Å². The number of nitrogens with one attached hydrogen (secondary N) is 1. The molecule has 0 spiro atoms. The van der Waals surface area contributed by atoms with Gasteiger partial charge in [0, 0.05) is 0 Å². The maximum Gasteiger partial charge on any atom is 0.329 e. The first-order chi connectivity index (χ1) is 10.9. The molecule has 122 valence electrons.